The second-order valence-electron chi connectivity index (χ2n) is 4.16. The molecule has 0 amide bonds. The van der Waals surface area contributed by atoms with Crippen LogP contribution in [0.2, 0.25) is 0 Å². The molecule has 1 saturated heterocycles. The van der Waals surface area contributed by atoms with E-state index in [9.17, 15) is 0 Å². The minimum atomic E-state index is 0.188. The van der Waals surface area contributed by atoms with Crippen molar-refractivity contribution in [1.29, 1.82) is 0 Å². The molecule has 16 heavy (non-hydrogen) atoms. The van der Waals surface area contributed by atoms with Gasteiger partial charge in [-0.05, 0) is 19.1 Å². The Bertz CT molecular complexity index is 280. The van der Waals surface area contributed by atoms with Gasteiger partial charge in [0.25, 0.3) is 0 Å². The van der Waals surface area contributed by atoms with E-state index in [-0.39, 0.29) is 6.10 Å². The van der Waals surface area contributed by atoms with Crippen molar-refractivity contribution in [2.24, 2.45) is 0 Å². The fraction of sp³-hybridized carbons (Fsp3) is 0.667. The highest BCUT2D eigenvalue weighted by atomic mass is 16.6. The lowest BCUT2D eigenvalue weighted by molar-refractivity contribution is -0.0869. The first-order valence-corrected chi connectivity index (χ1v) is 5.79. The summed E-state index contributed by atoms with van der Waals surface area (Å²) in [6, 6.07) is 4.30. The summed E-state index contributed by atoms with van der Waals surface area (Å²) in [5.74, 6) is 1.01. The van der Waals surface area contributed by atoms with E-state index in [0.29, 0.717) is 19.3 Å². The first-order valence-electron chi connectivity index (χ1n) is 5.79. The molecular formula is C12H19NO3. The Morgan fingerprint density at radius 2 is 2.44 bits per heavy atom. The third-order valence-electron chi connectivity index (χ3n) is 2.67. The Kier molecular flexibility index (Phi) is 4.39. The molecule has 90 valence electrons. The summed E-state index contributed by atoms with van der Waals surface area (Å²) in [5, 5.41) is 3.43. The van der Waals surface area contributed by atoms with E-state index in [0.717, 1.165) is 25.3 Å². The van der Waals surface area contributed by atoms with Gasteiger partial charge in [0.2, 0.25) is 0 Å². The van der Waals surface area contributed by atoms with Gasteiger partial charge in [-0.25, -0.2) is 0 Å². The van der Waals surface area contributed by atoms with Gasteiger partial charge in [0.1, 0.15) is 5.76 Å². The topological polar surface area (TPSA) is 43.6 Å². The molecule has 4 nitrogen and oxygen atoms in total. The minimum absolute atomic E-state index is 0.188. The van der Waals surface area contributed by atoms with Crippen molar-refractivity contribution in [3.63, 3.8) is 0 Å². The Balaban J connectivity index is 1.65. The van der Waals surface area contributed by atoms with Crippen LogP contribution in [-0.2, 0) is 15.9 Å². The van der Waals surface area contributed by atoms with Crippen molar-refractivity contribution in [3.8, 4) is 0 Å². The highest BCUT2D eigenvalue weighted by Crippen LogP contribution is 2.05. The summed E-state index contributed by atoms with van der Waals surface area (Å²) in [6.07, 6.45) is 2.80. The monoisotopic (exact) mass is 225 g/mol. The Hall–Kier alpha value is -0.840. The maximum absolute atomic E-state index is 5.55. The van der Waals surface area contributed by atoms with E-state index in [2.05, 4.69) is 12.2 Å². The lowest BCUT2D eigenvalue weighted by Crippen LogP contribution is -2.41. The van der Waals surface area contributed by atoms with Crippen molar-refractivity contribution >= 4 is 0 Å². The van der Waals surface area contributed by atoms with Crippen LogP contribution in [0.1, 0.15) is 12.7 Å². The first-order chi connectivity index (χ1) is 7.84. The summed E-state index contributed by atoms with van der Waals surface area (Å²) in [7, 11) is 0. The maximum atomic E-state index is 5.55. The molecule has 1 aliphatic heterocycles. The molecule has 1 aromatic heterocycles. The number of nitrogens with one attached hydrogen (secondary N) is 1. The van der Waals surface area contributed by atoms with Gasteiger partial charge < -0.3 is 19.2 Å². The van der Waals surface area contributed by atoms with Gasteiger partial charge in [-0.2, -0.15) is 0 Å². The van der Waals surface area contributed by atoms with Crippen LogP contribution in [0.5, 0.6) is 0 Å². The molecule has 1 fully saturated rings. The lowest BCUT2D eigenvalue weighted by atomic mass is 10.2. The fourth-order valence-corrected chi connectivity index (χ4v) is 1.79. The normalized spacial score (nSPS) is 23.2. The highest BCUT2D eigenvalue weighted by Gasteiger charge is 2.15. The second kappa shape index (κ2) is 6.03. The molecule has 4 heteroatoms. The van der Waals surface area contributed by atoms with Crippen LogP contribution >= 0.6 is 0 Å². The van der Waals surface area contributed by atoms with Crippen LogP contribution in [0.25, 0.3) is 0 Å². The number of ether oxygens (including phenoxy) is 2. The zero-order valence-electron chi connectivity index (χ0n) is 9.65. The van der Waals surface area contributed by atoms with Crippen LogP contribution in [0, 0.1) is 0 Å². The summed E-state index contributed by atoms with van der Waals surface area (Å²) in [6.45, 7) is 5.10. The molecule has 2 atom stereocenters. The summed E-state index contributed by atoms with van der Waals surface area (Å²) < 4.78 is 16.2. The van der Waals surface area contributed by atoms with E-state index in [1.165, 1.54) is 0 Å². The van der Waals surface area contributed by atoms with Gasteiger partial charge in [-0.3, -0.25) is 0 Å². The minimum Gasteiger partial charge on any atom is -0.469 e. The fourth-order valence-electron chi connectivity index (χ4n) is 1.79. The van der Waals surface area contributed by atoms with E-state index in [1.807, 2.05) is 12.1 Å². The van der Waals surface area contributed by atoms with Gasteiger partial charge in [0.15, 0.2) is 0 Å². The Morgan fingerprint density at radius 3 is 3.12 bits per heavy atom. The number of rotatable bonds is 5. The predicted octanol–water partition coefficient (Wildman–Crippen LogP) is 1.22. The summed E-state index contributed by atoms with van der Waals surface area (Å²) >= 11 is 0. The zero-order valence-corrected chi connectivity index (χ0v) is 9.65. The van der Waals surface area contributed by atoms with E-state index >= 15 is 0 Å². The molecule has 0 aliphatic carbocycles. The van der Waals surface area contributed by atoms with Crippen molar-refractivity contribution in [1.82, 2.24) is 5.32 Å². The molecule has 1 N–H and O–H groups in total. The van der Waals surface area contributed by atoms with E-state index in [1.54, 1.807) is 6.26 Å². The number of hydrogen-bond acceptors (Lipinski definition) is 4. The maximum Gasteiger partial charge on any atom is 0.105 e. The molecule has 0 spiro atoms. The third-order valence-corrected chi connectivity index (χ3v) is 2.67. The molecule has 1 aromatic rings. The van der Waals surface area contributed by atoms with Gasteiger partial charge >= 0.3 is 0 Å². The average molecular weight is 225 g/mol. The summed E-state index contributed by atoms with van der Waals surface area (Å²) in [4.78, 5) is 0. The molecule has 0 saturated carbocycles. The molecule has 0 radical (unpaired) electrons. The number of furan rings is 1. The van der Waals surface area contributed by atoms with Crippen molar-refractivity contribution in [3.05, 3.63) is 24.2 Å². The molecule has 2 heterocycles. The van der Waals surface area contributed by atoms with Crippen molar-refractivity contribution in [2.75, 3.05) is 26.4 Å². The SMILES string of the molecule is CC(Cc1ccco1)NCC1COCCO1. The molecule has 2 unspecified atom stereocenters. The molecule has 0 bridgehead atoms. The zero-order chi connectivity index (χ0) is 11.2. The van der Waals surface area contributed by atoms with Crippen LogP contribution in [0.3, 0.4) is 0 Å². The first kappa shape index (κ1) is 11.6. The quantitative estimate of drug-likeness (QED) is 0.818. The largest absolute Gasteiger partial charge is 0.469 e. The molecule has 0 aromatic carbocycles. The second-order valence-corrected chi connectivity index (χ2v) is 4.16. The van der Waals surface area contributed by atoms with Crippen LogP contribution < -0.4 is 5.32 Å². The Morgan fingerprint density at radius 1 is 1.50 bits per heavy atom. The lowest BCUT2D eigenvalue weighted by Gasteiger charge is -2.24. The summed E-state index contributed by atoms with van der Waals surface area (Å²) in [5.41, 5.74) is 0. The standard InChI is InChI=1S/C12H19NO3/c1-10(7-11-3-2-4-15-11)13-8-12-9-14-5-6-16-12/h2-4,10,12-13H,5-9H2,1H3. The van der Waals surface area contributed by atoms with Crippen molar-refractivity contribution in [2.45, 2.75) is 25.5 Å². The predicted molar refractivity (Wildman–Crippen MR) is 60.4 cm³/mol. The molecular weight excluding hydrogens is 206 g/mol. The van der Waals surface area contributed by atoms with Crippen molar-refractivity contribution < 1.29 is 13.9 Å². The number of hydrogen-bond donors (Lipinski definition) is 1. The van der Waals surface area contributed by atoms with Gasteiger partial charge in [0, 0.05) is 19.0 Å². The van der Waals surface area contributed by atoms with Gasteiger partial charge in [-0.1, -0.05) is 0 Å². The van der Waals surface area contributed by atoms with Crippen LogP contribution in [0.4, 0.5) is 0 Å². The van der Waals surface area contributed by atoms with E-state index < -0.39 is 0 Å². The van der Waals surface area contributed by atoms with Gasteiger partial charge in [0.05, 0.1) is 32.2 Å². The molecule has 2 rings (SSSR count). The smallest absolute Gasteiger partial charge is 0.105 e. The average Bonchev–Trinajstić information content (AvgIpc) is 2.81. The third kappa shape index (κ3) is 3.63. The highest BCUT2D eigenvalue weighted by molar-refractivity contribution is 4.99. The van der Waals surface area contributed by atoms with Gasteiger partial charge in [-0.15, -0.1) is 0 Å². The van der Waals surface area contributed by atoms with Crippen LogP contribution in [0.15, 0.2) is 22.8 Å². The van der Waals surface area contributed by atoms with E-state index in [4.69, 9.17) is 13.9 Å². The molecule has 1 aliphatic rings. The van der Waals surface area contributed by atoms with Crippen LogP contribution in [-0.4, -0.2) is 38.5 Å². The Labute approximate surface area is 95.9 Å².